The highest BCUT2D eigenvalue weighted by Gasteiger charge is 2.12. The molecule has 0 bridgehead atoms. The van der Waals surface area contributed by atoms with Gasteiger partial charge in [-0.25, -0.2) is 4.98 Å². The molecule has 2 aromatic rings. The van der Waals surface area contributed by atoms with Crippen LogP contribution in [0.1, 0.15) is 13.8 Å². The lowest BCUT2D eigenvalue weighted by molar-refractivity contribution is 0.590. The van der Waals surface area contributed by atoms with E-state index in [-0.39, 0.29) is 5.54 Å². The van der Waals surface area contributed by atoms with E-state index in [4.69, 9.17) is 17.3 Å². The molecule has 0 radical (unpaired) electrons. The van der Waals surface area contributed by atoms with Crippen LogP contribution in [-0.2, 0) is 0 Å². The SMILES string of the molecule is CC(C)(N)CSc1nc2ccc(Cl)cc2[nH]1. The number of fused-ring (bicyclic) bond motifs is 1. The number of nitrogens with two attached hydrogens (primary N) is 1. The van der Waals surface area contributed by atoms with E-state index in [1.54, 1.807) is 11.8 Å². The van der Waals surface area contributed by atoms with Gasteiger partial charge in [0.1, 0.15) is 0 Å². The number of H-pyrrole nitrogens is 1. The smallest absolute Gasteiger partial charge is 0.166 e. The van der Waals surface area contributed by atoms with E-state index in [0.29, 0.717) is 5.02 Å². The predicted molar refractivity (Wildman–Crippen MR) is 70.1 cm³/mol. The molecule has 0 aliphatic heterocycles. The van der Waals surface area contributed by atoms with Crippen LogP contribution in [0.2, 0.25) is 5.02 Å². The summed E-state index contributed by atoms with van der Waals surface area (Å²) in [5.74, 6) is 0.820. The van der Waals surface area contributed by atoms with Gasteiger partial charge in [0.25, 0.3) is 0 Å². The number of nitrogens with zero attached hydrogens (tertiary/aromatic N) is 1. The van der Waals surface area contributed by atoms with Gasteiger partial charge < -0.3 is 10.7 Å². The average Bonchev–Trinajstić information content (AvgIpc) is 2.55. The number of hydrogen-bond acceptors (Lipinski definition) is 3. The van der Waals surface area contributed by atoms with Crippen LogP contribution in [0.25, 0.3) is 11.0 Å². The van der Waals surface area contributed by atoms with Crippen molar-refractivity contribution in [1.29, 1.82) is 0 Å². The first-order valence-corrected chi connectivity index (χ1v) is 6.37. The molecule has 0 saturated heterocycles. The van der Waals surface area contributed by atoms with Crippen LogP contribution in [0.15, 0.2) is 23.4 Å². The number of rotatable bonds is 3. The van der Waals surface area contributed by atoms with E-state index in [2.05, 4.69) is 9.97 Å². The first kappa shape index (κ1) is 11.8. The molecule has 0 unspecified atom stereocenters. The fraction of sp³-hybridized carbons (Fsp3) is 0.364. The molecule has 3 N–H and O–H groups in total. The molecule has 0 spiro atoms. The Bertz CT molecular complexity index is 501. The third-order valence-corrected chi connectivity index (χ3v) is 3.59. The molecular formula is C11H14ClN3S. The maximum absolute atomic E-state index is 5.92. The second-order valence-electron chi connectivity index (χ2n) is 4.48. The van der Waals surface area contributed by atoms with E-state index in [1.165, 1.54) is 0 Å². The predicted octanol–water partition coefficient (Wildman–Crippen LogP) is 3.05. The largest absolute Gasteiger partial charge is 0.333 e. The Labute approximate surface area is 104 Å². The van der Waals surface area contributed by atoms with Crippen molar-refractivity contribution in [1.82, 2.24) is 9.97 Å². The summed E-state index contributed by atoms with van der Waals surface area (Å²) in [7, 11) is 0. The van der Waals surface area contributed by atoms with Crippen LogP contribution in [0.5, 0.6) is 0 Å². The summed E-state index contributed by atoms with van der Waals surface area (Å²) in [6.07, 6.45) is 0. The lowest BCUT2D eigenvalue weighted by Crippen LogP contribution is -2.34. The molecule has 2 rings (SSSR count). The third kappa shape index (κ3) is 2.90. The normalized spacial score (nSPS) is 12.2. The van der Waals surface area contributed by atoms with Gasteiger partial charge in [-0.3, -0.25) is 0 Å². The van der Waals surface area contributed by atoms with Crippen LogP contribution in [-0.4, -0.2) is 21.3 Å². The molecule has 0 saturated carbocycles. The fourth-order valence-corrected chi connectivity index (χ4v) is 2.31. The van der Waals surface area contributed by atoms with Crippen LogP contribution in [0.4, 0.5) is 0 Å². The van der Waals surface area contributed by atoms with Crippen molar-refractivity contribution in [2.24, 2.45) is 5.73 Å². The number of aromatic nitrogens is 2. The minimum absolute atomic E-state index is 0.193. The Balaban J connectivity index is 2.20. The van der Waals surface area contributed by atoms with Gasteiger partial charge in [0, 0.05) is 16.3 Å². The van der Waals surface area contributed by atoms with E-state index >= 15 is 0 Å². The van der Waals surface area contributed by atoms with E-state index in [0.717, 1.165) is 21.9 Å². The Hall–Kier alpha value is -0.710. The van der Waals surface area contributed by atoms with Crippen molar-refractivity contribution in [3.8, 4) is 0 Å². The van der Waals surface area contributed by atoms with Gasteiger partial charge in [0.15, 0.2) is 5.16 Å². The van der Waals surface area contributed by atoms with Crippen LogP contribution in [0, 0.1) is 0 Å². The Morgan fingerprint density at radius 2 is 2.25 bits per heavy atom. The molecule has 0 fully saturated rings. The minimum atomic E-state index is -0.193. The zero-order valence-electron chi connectivity index (χ0n) is 9.25. The Kier molecular flexibility index (Phi) is 3.15. The molecule has 3 nitrogen and oxygen atoms in total. The maximum atomic E-state index is 5.92. The average molecular weight is 256 g/mol. The second-order valence-corrected chi connectivity index (χ2v) is 5.88. The summed E-state index contributed by atoms with van der Waals surface area (Å²) in [4.78, 5) is 7.67. The number of benzene rings is 1. The summed E-state index contributed by atoms with van der Waals surface area (Å²) in [5, 5.41) is 1.60. The second kappa shape index (κ2) is 4.28. The molecule has 1 aromatic carbocycles. The van der Waals surface area contributed by atoms with Gasteiger partial charge in [-0.15, -0.1) is 0 Å². The quantitative estimate of drug-likeness (QED) is 0.829. The highest BCUT2D eigenvalue weighted by atomic mass is 35.5. The third-order valence-electron chi connectivity index (χ3n) is 2.00. The summed E-state index contributed by atoms with van der Waals surface area (Å²) in [5.41, 5.74) is 7.62. The zero-order chi connectivity index (χ0) is 11.8. The van der Waals surface area contributed by atoms with Gasteiger partial charge in [0.05, 0.1) is 11.0 Å². The summed E-state index contributed by atoms with van der Waals surface area (Å²) in [6, 6.07) is 5.62. The highest BCUT2D eigenvalue weighted by Crippen LogP contribution is 2.23. The molecule has 5 heteroatoms. The molecule has 0 amide bonds. The van der Waals surface area contributed by atoms with Crippen molar-refractivity contribution >= 4 is 34.4 Å². The van der Waals surface area contributed by atoms with Gasteiger partial charge in [-0.05, 0) is 32.0 Å². The van der Waals surface area contributed by atoms with Crippen molar-refractivity contribution in [2.45, 2.75) is 24.5 Å². The topological polar surface area (TPSA) is 54.7 Å². The van der Waals surface area contributed by atoms with Crippen molar-refractivity contribution in [3.05, 3.63) is 23.2 Å². The minimum Gasteiger partial charge on any atom is -0.333 e. The number of aromatic amines is 1. The van der Waals surface area contributed by atoms with Crippen LogP contribution >= 0.6 is 23.4 Å². The molecule has 86 valence electrons. The Morgan fingerprint density at radius 3 is 2.94 bits per heavy atom. The first-order chi connectivity index (χ1) is 7.44. The summed E-state index contributed by atoms with van der Waals surface area (Å²) >= 11 is 7.53. The molecule has 1 heterocycles. The van der Waals surface area contributed by atoms with Gasteiger partial charge >= 0.3 is 0 Å². The first-order valence-electron chi connectivity index (χ1n) is 5.01. The molecular weight excluding hydrogens is 242 g/mol. The fourth-order valence-electron chi connectivity index (χ4n) is 1.28. The van der Waals surface area contributed by atoms with E-state index in [9.17, 15) is 0 Å². The highest BCUT2D eigenvalue weighted by molar-refractivity contribution is 7.99. The molecule has 0 aliphatic rings. The van der Waals surface area contributed by atoms with Crippen molar-refractivity contribution in [3.63, 3.8) is 0 Å². The van der Waals surface area contributed by atoms with E-state index in [1.807, 2.05) is 32.0 Å². The van der Waals surface area contributed by atoms with Crippen LogP contribution < -0.4 is 5.73 Å². The van der Waals surface area contributed by atoms with Crippen LogP contribution in [0.3, 0.4) is 0 Å². The van der Waals surface area contributed by atoms with Gasteiger partial charge in [0.2, 0.25) is 0 Å². The lowest BCUT2D eigenvalue weighted by atomic mass is 10.1. The number of thioether (sulfide) groups is 1. The number of imidazole rings is 1. The van der Waals surface area contributed by atoms with E-state index < -0.39 is 0 Å². The van der Waals surface area contributed by atoms with Crippen molar-refractivity contribution < 1.29 is 0 Å². The summed E-state index contributed by atoms with van der Waals surface area (Å²) in [6.45, 7) is 4.00. The monoisotopic (exact) mass is 255 g/mol. The standard InChI is InChI=1S/C11H14ClN3S/c1-11(2,13)6-16-10-14-8-4-3-7(12)5-9(8)15-10/h3-5H,6,13H2,1-2H3,(H,14,15). The molecule has 1 aromatic heterocycles. The molecule has 0 atom stereocenters. The number of hydrogen-bond donors (Lipinski definition) is 2. The zero-order valence-corrected chi connectivity index (χ0v) is 10.8. The Morgan fingerprint density at radius 1 is 1.50 bits per heavy atom. The molecule has 0 aliphatic carbocycles. The number of nitrogens with one attached hydrogen (secondary N) is 1. The van der Waals surface area contributed by atoms with Gasteiger partial charge in [-0.2, -0.15) is 0 Å². The summed E-state index contributed by atoms with van der Waals surface area (Å²) < 4.78 is 0. The van der Waals surface area contributed by atoms with Gasteiger partial charge in [-0.1, -0.05) is 23.4 Å². The maximum Gasteiger partial charge on any atom is 0.166 e. The van der Waals surface area contributed by atoms with Crippen molar-refractivity contribution in [2.75, 3.05) is 5.75 Å². The molecule has 16 heavy (non-hydrogen) atoms. The lowest BCUT2D eigenvalue weighted by Gasteiger charge is -2.16. The number of halogens is 1.